The van der Waals surface area contributed by atoms with Crippen LogP contribution < -0.4 is 5.32 Å². The Morgan fingerprint density at radius 1 is 1.37 bits per heavy atom. The zero-order chi connectivity index (χ0) is 13.3. The minimum absolute atomic E-state index is 0.475. The first-order chi connectivity index (χ1) is 9.38. The number of nitrogens with one attached hydrogen (secondary N) is 1. The molecule has 1 saturated carbocycles. The molecule has 1 aliphatic rings. The summed E-state index contributed by atoms with van der Waals surface area (Å²) < 4.78 is 7.77. The Morgan fingerprint density at radius 3 is 3.00 bits per heavy atom. The molecule has 1 aromatic rings. The van der Waals surface area contributed by atoms with E-state index in [1.165, 1.54) is 32.1 Å². The number of ether oxygens (including phenoxy) is 1. The van der Waals surface area contributed by atoms with Crippen LogP contribution in [0.2, 0.25) is 0 Å². The standard InChI is InChI=1S/C14H26N4O/c1-2-8-15-11-13-12-18(17-16-13)9-10-19-14-6-4-3-5-7-14/h12,14-15H,2-11H2,1H3. The van der Waals surface area contributed by atoms with Gasteiger partial charge in [0.05, 0.1) is 24.9 Å². The molecule has 1 aliphatic carbocycles. The van der Waals surface area contributed by atoms with E-state index in [1.54, 1.807) is 0 Å². The van der Waals surface area contributed by atoms with Crippen LogP contribution in [-0.4, -0.2) is 34.2 Å². The first-order valence-corrected chi connectivity index (χ1v) is 7.60. The lowest BCUT2D eigenvalue weighted by Crippen LogP contribution is -2.19. The summed E-state index contributed by atoms with van der Waals surface area (Å²) in [6.07, 6.45) is 10.1. The summed E-state index contributed by atoms with van der Waals surface area (Å²) in [6, 6.07) is 0. The minimum Gasteiger partial charge on any atom is -0.376 e. The first kappa shape index (κ1) is 14.5. The van der Waals surface area contributed by atoms with Crippen LogP contribution in [0.4, 0.5) is 0 Å². The molecule has 1 fully saturated rings. The molecule has 0 aliphatic heterocycles. The maximum atomic E-state index is 5.89. The molecule has 0 spiro atoms. The summed E-state index contributed by atoms with van der Waals surface area (Å²) in [5.74, 6) is 0. The lowest BCUT2D eigenvalue weighted by Gasteiger charge is -2.21. The Kier molecular flexibility index (Phi) is 6.30. The maximum absolute atomic E-state index is 5.89. The van der Waals surface area contributed by atoms with Crippen LogP contribution in [0.1, 0.15) is 51.1 Å². The van der Waals surface area contributed by atoms with Gasteiger partial charge in [0.2, 0.25) is 0 Å². The van der Waals surface area contributed by atoms with Crippen LogP contribution in [0.25, 0.3) is 0 Å². The zero-order valence-corrected chi connectivity index (χ0v) is 12.0. The minimum atomic E-state index is 0.475. The number of nitrogens with zero attached hydrogens (tertiary/aromatic N) is 3. The fourth-order valence-electron chi connectivity index (χ4n) is 2.47. The highest BCUT2D eigenvalue weighted by Crippen LogP contribution is 2.20. The molecule has 108 valence electrons. The molecule has 0 saturated heterocycles. The molecule has 1 heterocycles. The highest BCUT2D eigenvalue weighted by Gasteiger charge is 2.13. The van der Waals surface area contributed by atoms with E-state index in [-0.39, 0.29) is 0 Å². The van der Waals surface area contributed by atoms with Gasteiger partial charge >= 0.3 is 0 Å². The molecule has 19 heavy (non-hydrogen) atoms. The van der Waals surface area contributed by atoms with Gasteiger partial charge < -0.3 is 10.1 Å². The van der Waals surface area contributed by atoms with Gasteiger partial charge in [-0.2, -0.15) is 0 Å². The molecule has 0 unspecified atom stereocenters. The highest BCUT2D eigenvalue weighted by atomic mass is 16.5. The predicted octanol–water partition coefficient (Wildman–Crippen LogP) is 2.13. The van der Waals surface area contributed by atoms with Crippen molar-refractivity contribution in [2.75, 3.05) is 13.2 Å². The van der Waals surface area contributed by atoms with Gasteiger partial charge in [-0.3, -0.25) is 0 Å². The Bertz CT molecular complexity index is 347. The Hall–Kier alpha value is -0.940. The van der Waals surface area contributed by atoms with E-state index in [9.17, 15) is 0 Å². The summed E-state index contributed by atoms with van der Waals surface area (Å²) in [6.45, 7) is 5.54. The van der Waals surface area contributed by atoms with Crippen LogP contribution in [0.5, 0.6) is 0 Å². The van der Waals surface area contributed by atoms with Gasteiger partial charge in [-0.05, 0) is 25.8 Å². The second-order valence-corrected chi connectivity index (χ2v) is 5.28. The van der Waals surface area contributed by atoms with Crippen molar-refractivity contribution in [1.29, 1.82) is 0 Å². The van der Waals surface area contributed by atoms with Crippen molar-refractivity contribution in [3.05, 3.63) is 11.9 Å². The van der Waals surface area contributed by atoms with E-state index in [1.807, 2.05) is 10.9 Å². The number of hydrogen-bond acceptors (Lipinski definition) is 4. The Balaban J connectivity index is 1.62. The third-order valence-electron chi connectivity index (χ3n) is 3.55. The van der Waals surface area contributed by atoms with Gasteiger partial charge in [-0.25, -0.2) is 4.68 Å². The molecule has 2 rings (SSSR count). The average molecular weight is 266 g/mol. The van der Waals surface area contributed by atoms with Crippen molar-refractivity contribution in [3.8, 4) is 0 Å². The van der Waals surface area contributed by atoms with Gasteiger partial charge in [0, 0.05) is 12.7 Å². The fraction of sp³-hybridized carbons (Fsp3) is 0.857. The van der Waals surface area contributed by atoms with Gasteiger partial charge in [0.25, 0.3) is 0 Å². The van der Waals surface area contributed by atoms with Crippen LogP contribution in [-0.2, 0) is 17.8 Å². The average Bonchev–Trinajstić information content (AvgIpc) is 2.88. The maximum Gasteiger partial charge on any atom is 0.0964 e. The van der Waals surface area contributed by atoms with Gasteiger partial charge in [-0.1, -0.05) is 31.4 Å². The zero-order valence-electron chi connectivity index (χ0n) is 12.0. The molecule has 0 radical (unpaired) electrons. The summed E-state index contributed by atoms with van der Waals surface area (Å²) in [5, 5.41) is 11.6. The second kappa shape index (κ2) is 8.27. The van der Waals surface area contributed by atoms with Crippen LogP contribution >= 0.6 is 0 Å². The number of aromatic nitrogens is 3. The monoisotopic (exact) mass is 266 g/mol. The van der Waals surface area contributed by atoms with E-state index in [0.29, 0.717) is 6.10 Å². The van der Waals surface area contributed by atoms with Crippen LogP contribution in [0.15, 0.2) is 6.20 Å². The largest absolute Gasteiger partial charge is 0.376 e. The van der Waals surface area contributed by atoms with Crippen molar-refractivity contribution >= 4 is 0 Å². The smallest absolute Gasteiger partial charge is 0.0964 e. The van der Waals surface area contributed by atoms with E-state index in [4.69, 9.17) is 4.74 Å². The van der Waals surface area contributed by atoms with Crippen molar-refractivity contribution in [2.45, 2.75) is 64.6 Å². The van der Waals surface area contributed by atoms with E-state index in [2.05, 4.69) is 22.6 Å². The lowest BCUT2D eigenvalue weighted by molar-refractivity contribution is 0.0227. The molecule has 0 atom stereocenters. The molecule has 1 N–H and O–H groups in total. The van der Waals surface area contributed by atoms with Gasteiger partial charge in [0.1, 0.15) is 0 Å². The SMILES string of the molecule is CCCNCc1cn(CCOC2CCCCC2)nn1. The van der Waals surface area contributed by atoms with Gasteiger partial charge in [0.15, 0.2) is 0 Å². The van der Waals surface area contributed by atoms with E-state index in [0.717, 1.165) is 38.4 Å². The van der Waals surface area contributed by atoms with Crippen LogP contribution in [0.3, 0.4) is 0 Å². The summed E-state index contributed by atoms with van der Waals surface area (Å²) in [7, 11) is 0. The molecule has 5 heteroatoms. The quantitative estimate of drug-likeness (QED) is 0.732. The Morgan fingerprint density at radius 2 is 2.21 bits per heavy atom. The first-order valence-electron chi connectivity index (χ1n) is 7.60. The topological polar surface area (TPSA) is 52.0 Å². The fourth-order valence-corrected chi connectivity index (χ4v) is 2.47. The molecular formula is C14H26N4O. The molecule has 5 nitrogen and oxygen atoms in total. The third-order valence-corrected chi connectivity index (χ3v) is 3.55. The van der Waals surface area contributed by atoms with E-state index < -0.39 is 0 Å². The van der Waals surface area contributed by atoms with Crippen molar-refractivity contribution in [3.63, 3.8) is 0 Å². The summed E-state index contributed by atoms with van der Waals surface area (Å²) in [5.41, 5.74) is 1.01. The van der Waals surface area contributed by atoms with Gasteiger partial charge in [-0.15, -0.1) is 5.10 Å². The molecular weight excluding hydrogens is 240 g/mol. The van der Waals surface area contributed by atoms with Crippen LogP contribution in [0, 0.1) is 0 Å². The van der Waals surface area contributed by atoms with Crippen molar-refractivity contribution in [2.24, 2.45) is 0 Å². The summed E-state index contributed by atoms with van der Waals surface area (Å²) in [4.78, 5) is 0. The highest BCUT2D eigenvalue weighted by molar-refractivity contribution is 4.91. The number of rotatable bonds is 8. The second-order valence-electron chi connectivity index (χ2n) is 5.28. The predicted molar refractivity (Wildman–Crippen MR) is 74.8 cm³/mol. The number of hydrogen-bond donors (Lipinski definition) is 1. The normalized spacial score (nSPS) is 16.9. The third kappa shape index (κ3) is 5.28. The molecule has 0 amide bonds. The van der Waals surface area contributed by atoms with Crippen molar-refractivity contribution in [1.82, 2.24) is 20.3 Å². The molecule has 1 aromatic heterocycles. The molecule has 0 aromatic carbocycles. The Labute approximate surface area is 115 Å². The molecule has 0 bridgehead atoms. The van der Waals surface area contributed by atoms with E-state index >= 15 is 0 Å². The summed E-state index contributed by atoms with van der Waals surface area (Å²) >= 11 is 0. The lowest BCUT2D eigenvalue weighted by atomic mass is 9.98. The van der Waals surface area contributed by atoms with Crippen molar-refractivity contribution < 1.29 is 4.74 Å².